The van der Waals surface area contributed by atoms with Gasteiger partial charge in [0, 0.05) is 13.6 Å². The van der Waals surface area contributed by atoms with Gasteiger partial charge in [-0.25, -0.2) is 9.78 Å². The van der Waals surface area contributed by atoms with Crippen molar-refractivity contribution in [1.82, 2.24) is 19.1 Å². The second-order valence-electron chi connectivity index (χ2n) is 4.32. The number of carbonyl (C=O) groups is 1. The summed E-state index contributed by atoms with van der Waals surface area (Å²) < 4.78 is 2.92. The number of aromatic nitrogens is 4. The number of hydrogen-bond acceptors (Lipinski definition) is 5. The van der Waals surface area contributed by atoms with Gasteiger partial charge < -0.3 is 10.3 Å². The van der Waals surface area contributed by atoms with Gasteiger partial charge in [-0.3, -0.25) is 19.1 Å². The second kappa shape index (κ2) is 6.00. The summed E-state index contributed by atoms with van der Waals surface area (Å²) >= 11 is 1.13. The molecule has 8 nitrogen and oxygen atoms in total. The van der Waals surface area contributed by atoms with E-state index in [9.17, 15) is 14.4 Å². The quantitative estimate of drug-likeness (QED) is 0.574. The first-order valence-corrected chi connectivity index (χ1v) is 7.16. The fraction of sp³-hybridized carbons (Fsp3) is 0.333. The van der Waals surface area contributed by atoms with Gasteiger partial charge in [-0.15, -0.1) is 0 Å². The molecule has 0 unspecified atom stereocenters. The highest BCUT2D eigenvalue weighted by Crippen LogP contribution is 2.21. The first-order chi connectivity index (χ1) is 9.95. The van der Waals surface area contributed by atoms with Gasteiger partial charge in [0.1, 0.15) is 0 Å². The number of amides is 1. The number of fused-ring (bicyclic) bond motifs is 1. The van der Waals surface area contributed by atoms with E-state index in [0.717, 1.165) is 11.8 Å². The summed E-state index contributed by atoms with van der Waals surface area (Å²) in [6, 6.07) is 0. The van der Waals surface area contributed by atoms with Crippen LogP contribution in [-0.2, 0) is 18.4 Å². The molecule has 0 aliphatic carbocycles. The Bertz CT molecular complexity index is 830. The molecule has 0 bridgehead atoms. The van der Waals surface area contributed by atoms with Crippen LogP contribution < -0.4 is 17.0 Å². The zero-order valence-electron chi connectivity index (χ0n) is 11.6. The van der Waals surface area contributed by atoms with Gasteiger partial charge in [-0.1, -0.05) is 23.9 Å². The van der Waals surface area contributed by atoms with Crippen molar-refractivity contribution < 1.29 is 4.79 Å². The summed E-state index contributed by atoms with van der Waals surface area (Å²) in [6.45, 7) is 2.27. The van der Waals surface area contributed by atoms with Crippen LogP contribution in [0.4, 0.5) is 0 Å². The number of H-pyrrole nitrogens is 1. The minimum absolute atomic E-state index is 0.0466. The number of carbonyl (C=O) groups excluding carboxylic acids is 1. The average molecular weight is 309 g/mol. The van der Waals surface area contributed by atoms with E-state index >= 15 is 0 Å². The minimum Gasteiger partial charge on any atom is -0.369 e. The van der Waals surface area contributed by atoms with Gasteiger partial charge in [0.25, 0.3) is 5.56 Å². The third-order valence-corrected chi connectivity index (χ3v) is 3.84. The van der Waals surface area contributed by atoms with Crippen LogP contribution in [0.3, 0.4) is 0 Å². The lowest BCUT2D eigenvalue weighted by Gasteiger charge is -2.04. The Kier molecular flexibility index (Phi) is 4.32. The molecule has 2 heterocycles. The Morgan fingerprint density at radius 3 is 2.81 bits per heavy atom. The third-order valence-electron chi connectivity index (χ3n) is 2.84. The number of aryl methyl sites for hydroxylation is 1. The Labute approximate surface area is 123 Å². The highest BCUT2D eigenvalue weighted by atomic mass is 32.2. The van der Waals surface area contributed by atoms with Crippen molar-refractivity contribution in [3.8, 4) is 0 Å². The van der Waals surface area contributed by atoms with E-state index in [1.165, 1.54) is 11.6 Å². The predicted octanol–water partition coefficient (Wildman–Crippen LogP) is -0.423. The summed E-state index contributed by atoms with van der Waals surface area (Å²) in [5.74, 6) is -0.433. The molecule has 0 aliphatic rings. The Morgan fingerprint density at radius 1 is 1.48 bits per heavy atom. The smallest absolute Gasteiger partial charge is 0.329 e. The molecule has 0 atom stereocenters. The Hall–Kier alpha value is -2.29. The largest absolute Gasteiger partial charge is 0.369 e. The Balaban J connectivity index is 2.69. The van der Waals surface area contributed by atoms with Crippen molar-refractivity contribution in [2.75, 3.05) is 5.75 Å². The molecule has 9 heteroatoms. The van der Waals surface area contributed by atoms with Crippen LogP contribution in [0.5, 0.6) is 0 Å². The van der Waals surface area contributed by atoms with Crippen molar-refractivity contribution in [1.29, 1.82) is 0 Å². The molecule has 21 heavy (non-hydrogen) atoms. The first kappa shape index (κ1) is 15.1. The summed E-state index contributed by atoms with van der Waals surface area (Å²) in [4.78, 5) is 41.1. The van der Waals surface area contributed by atoms with Gasteiger partial charge >= 0.3 is 5.69 Å². The third kappa shape index (κ3) is 2.92. The van der Waals surface area contributed by atoms with Crippen LogP contribution >= 0.6 is 11.8 Å². The SMILES string of the molecule is C/C=C\Cn1c(SCC(N)=O)nc2c1c(=O)[nH]c(=O)n2C. The van der Waals surface area contributed by atoms with E-state index in [4.69, 9.17) is 5.73 Å². The molecule has 0 aliphatic heterocycles. The number of hydrogen-bond donors (Lipinski definition) is 2. The molecule has 0 radical (unpaired) electrons. The number of primary amides is 1. The number of thioether (sulfide) groups is 1. The van der Waals surface area contributed by atoms with Crippen molar-refractivity contribution >= 4 is 28.8 Å². The summed E-state index contributed by atoms with van der Waals surface area (Å²) in [7, 11) is 1.52. The van der Waals surface area contributed by atoms with Crippen molar-refractivity contribution in [2.24, 2.45) is 12.8 Å². The molecule has 2 rings (SSSR count). The fourth-order valence-electron chi connectivity index (χ4n) is 1.84. The molecular formula is C12H15N5O3S. The predicted molar refractivity (Wildman–Crippen MR) is 80.3 cm³/mol. The summed E-state index contributed by atoms with van der Waals surface area (Å²) in [5.41, 5.74) is 4.67. The molecule has 0 saturated carbocycles. The van der Waals surface area contributed by atoms with E-state index in [2.05, 4.69) is 9.97 Å². The van der Waals surface area contributed by atoms with E-state index in [0.29, 0.717) is 17.2 Å². The molecular weight excluding hydrogens is 294 g/mol. The van der Waals surface area contributed by atoms with Crippen LogP contribution in [-0.4, -0.2) is 30.8 Å². The number of allylic oxidation sites excluding steroid dienone is 2. The topological polar surface area (TPSA) is 116 Å². The van der Waals surface area contributed by atoms with Gasteiger partial charge in [0.2, 0.25) is 5.91 Å². The molecule has 0 aromatic carbocycles. The van der Waals surface area contributed by atoms with Gasteiger partial charge in [0.05, 0.1) is 5.75 Å². The zero-order valence-corrected chi connectivity index (χ0v) is 12.4. The van der Waals surface area contributed by atoms with Crippen LogP contribution in [0.25, 0.3) is 11.2 Å². The lowest BCUT2D eigenvalue weighted by molar-refractivity contribution is -0.115. The molecule has 0 fully saturated rings. The standard InChI is InChI=1S/C12H15N5O3S/c1-3-4-5-17-8-9(14-12(17)21-6-7(13)18)16(2)11(20)15-10(8)19/h3-4H,5-6H2,1-2H3,(H2,13,18)(H,15,19,20)/b4-3-. The molecule has 2 aromatic rings. The highest BCUT2D eigenvalue weighted by molar-refractivity contribution is 7.99. The molecule has 112 valence electrons. The normalized spacial score (nSPS) is 11.5. The molecule has 3 N–H and O–H groups in total. The van der Waals surface area contributed by atoms with Crippen molar-refractivity contribution in [2.45, 2.75) is 18.6 Å². The summed E-state index contributed by atoms with van der Waals surface area (Å²) in [5, 5.41) is 0.466. The summed E-state index contributed by atoms with van der Waals surface area (Å²) in [6.07, 6.45) is 3.69. The molecule has 2 aromatic heterocycles. The highest BCUT2D eigenvalue weighted by Gasteiger charge is 2.17. The van der Waals surface area contributed by atoms with Gasteiger partial charge in [-0.2, -0.15) is 0 Å². The maximum atomic E-state index is 12.0. The van der Waals surface area contributed by atoms with E-state index < -0.39 is 17.2 Å². The number of nitrogens with zero attached hydrogens (tertiary/aromatic N) is 3. The number of aromatic amines is 1. The molecule has 0 spiro atoms. The van der Waals surface area contributed by atoms with Crippen LogP contribution in [0.2, 0.25) is 0 Å². The van der Waals surface area contributed by atoms with Crippen molar-refractivity contribution in [3.05, 3.63) is 33.0 Å². The maximum absolute atomic E-state index is 12.0. The monoisotopic (exact) mass is 309 g/mol. The number of rotatable bonds is 5. The Morgan fingerprint density at radius 2 is 2.19 bits per heavy atom. The lowest BCUT2D eigenvalue weighted by Crippen LogP contribution is -2.29. The van der Waals surface area contributed by atoms with E-state index in [1.807, 2.05) is 19.1 Å². The van der Waals surface area contributed by atoms with Crippen LogP contribution in [0.15, 0.2) is 26.9 Å². The molecule has 1 amide bonds. The number of nitrogens with one attached hydrogen (secondary N) is 1. The van der Waals surface area contributed by atoms with Gasteiger partial charge in [0.15, 0.2) is 16.3 Å². The van der Waals surface area contributed by atoms with E-state index in [-0.39, 0.29) is 11.4 Å². The fourth-order valence-corrected chi connectivity index (χ4v) is 2.58. The maximum Gasteiger partial charge on any atom is 0.329 e. The van der Waals surface area contributed by atoms with E-state index in [1.54, 1.807) is 4.57 Å². The van der Waals surface area contributed by atoms with Crippen LogP contribution in [0.1, 0.15) is 6.92 Å². The second-order valence-corrected chi connectivity index (χ2v) is 5.26. The lowest BCUT2D eigenvalue weighted by atomic mass is 10.4. The first-order valence-electron chi connectivity index (χ1n) is 6.17. The minimum atomic E-state index is -0.533. The number of imidazole rings is 1. The number of nitrogens with two attached hydrogens (primary N) is 1. The van der Waals surface area contributed by atoms with Gasteiger partial charge in [-0.05, 0) is 6.92 Å². The van der Waals surface area contributed by atoms with Crippen molar-refractivity contribution in [3.63, 3.8) is 0 Å². The molecule has 0 saturated heterocycles. The average Bonchev–Trinajstić information content (AvgIpc) is 2.79. The van der Waals surface area contributed by atoms with Crippen LogP contribution in [0, 0.1) is 0 Å². The zero-order chi connectivity index (χ0) is 15.6.